The summed E-state index contributed by atoms with van der Waals surface area (Å²) in [6, 6.07) is 20.3. The third kappa shape index (κ3) is 4.83. The van der Waals surface area contributed by atoms with Crippen LogP contribution in [0.15, 0.2) is 82.1 Å². The number of aryl methyl sites for hydroxylation is 1. The van der Waals surface area contributed by atoms with Crippen molar-refractivity contribution >= 4 is 21.8 Å². The van der Waals surface area contributed by atoms with Crippen molar-refractivity contribution in [1.82, 2.24) is 14.5 Å². The molecule has 3 aromatic carbocycles. The summed E-state index contributed by atoms with van der Waals surface area (Å²) >= 11 is 2.91. The number of hydrogen-bond acceptors (Lipinski definition) is 3. The molecule has 5 nitrogen and oxygen atoms in total. The Hall–Kier alpha value is -3.72. The van der Waals surface area contributed by atoms with Crippen LogP contribution in [0.2, 0.25) is 0 Å². The number of fused-ring (bicyclic) bond motifs is 1. The average molecular weight is 568 g/mol. The minimum Gasteiger partial charge on any atom is -0.332 e. The Balaban J connectivity index is 1.57. The Labute approximate surface area is 219 Å². The van der Waals surface area contributed by atoms with Crippen molar-refractivity contribution in [2.75, 3.05) is 6.54 Å². The van der Waals surface area contributed by atoms with Gasteiger partial charge in [0.1, 0.15) is 5.82 Å². The smallest absolute Gasteiger partial charge is 0.332 e. The van der Waals surface area contributed by atoms with E-state index in [1.54, 1.807) is 4.57 Å². The zero-order valence-electron chi connectivity index (χ0n) is 19.7. The van der Waals surface area contributed by atoms with Crippen LogP contribution in [-0.2, 0) is 19.1 Å². The van der Waals surface area contributed by atoms with Gasteiger partial charge in [-0.3, -0.25) is 14.2 Å². The van der Waals surface area contributed by atoms with Crippen molar-refractivity contribution in [2.24, 2.45) is 0 Å². The topological polar surface area (TPSA) is 55.2 Å². The van der Waals surface area contributed by atoms with E-state index >= 15 is 0 Å². The minimum absolute atomic E-state index is 0.0232. The maximum atomic E-state index is 13.7. The molecule has 0 bridgehead atoms. The first-order chi connectivity index (χ1) is 17.6. The molecule has 188 valence electrons. The molecule has 0 aliphatic carbocycles. The van der Waals surface area contributed by atoms with E-state index in [4.69, 9.17) is 4.98 Å². The number of hydrogen-bond donors (Lipinski definition) is 0. The lowest BCUT2D eigenvalue weighted by molar-refractivity contribution is -0.138. The third-order valence-electron chi connectivity index (χ3n) is 6.36. The first-order valence-electron chi connectivity index (χ1n) is 11.6. The second-order valence-electron chi connectivity index (χ2n) is 8.87. The fraction of sp³-hybridized carbons (Fsp3) is 0.179. The SMILES string of the molecule is Cc1ccc(-n2c(-c3ccccc3)nc3c(c2=O)CCN(C(=O)c2ccc(Br)c(C(F)(F)F)c2)C3)cc1. The maximum absolute atomic E-state index is 13.7. The van der Waals surface area contributed by atoms with Crippen LogP contribution in [0.4, 0.5) is 13.2 Å². The van der Waals surface area contributed by atoms with Crippen molar-refractivity contribution < 1.29 is 18.0 Å². The predicted octanol–water partition coefficient (Wildman–Crippen LogP) is 6.19. The lowest BCUT2D eigenvalue weighted by Gasteiger charge is -2.29. The molecule has 4 aromatic rings. The van der Waals surface area contributed by atoms with Gasteiger partial charge in [0, 0.05) is 27.7 Å². The van der Waals surface area contributed by atoms with Gasteiger partial charge in [0.2, 0.25) is 0 Å². The molecule has 0 saturated heterocycles. The molecule has 1 amide bonds. The lowest BCUT2D eigenvalue weighted by Crippen LogP contribution is -2.40. The van der Waals surface area contributed by atoms with Gasteiger partial charge >= 0.3 is 6.18 Å². The summed E-state index contributed by atoms with van der Waals surface area (Å²) < 4.78 is 41.6. The monoisotopic (exact) mass is 567 g/mol. The quantitative estimate of drug-likeness (QED) is 0.297. The Morgan fingerprint density at radius 2 is 1.70 bits per heavy atom. The van der Waals surface area contributed by atoms with E-state index in [1.807, 2.05) is 61.5 Å². The Bertz CT molecular complexity index is 1550. The largest absolute Gasteiger partial charge is 0.417 e. The van der Waals surface area contributed by atoms with Gasteiger partial charge < -0.3 is 4.90 Å². The molecule has 0 fully saturated rings. The number of carbonyl (C=O) groups is 1. The number of benzene rings is 3. The van der Waals surface area contributed by atoms with E-state index in [0.717, 1.165) is 17.2 Å². The van der Waals surface area contributed by atoms with Crippen LogP contribution in [-0.4, -0.2) is 26.9 Å². The zero-order valence-corrected chi connectivity index (χ0v) is 21.3. The van der Waals surface area contributed by atoms with Gasteiger partial charge in [-0.05, 0) is 43.7 Å². The highest BCUT2D eigenvalue weighted by atomic mass is 79.9. The fourth-order valence-corrected chi connectivity index (χ4v) is 4.91. The second-order valence-corrected chi connectivity index (χ2v) is 9.73. The first-order valence-corrected chi connectivity index (χ1v) is 12.4. The number of rotatable bonds is 3. The summed E-state index contributed by atoms with van der Waals surface area (Å²) in [4.78, 5) is 33.2. The highest BCUT2D eigenvalue weighted by Crippen LogP contribution is 2.35. The molecule has 1 aliphatic rings. The molecular weight excluding hydrogens is 547 g/mol. The molecule has 0 radical (unpaired) electrons. The van der Waals surface area contributed by atoms with Crippen LogP contribution in [0.25, 0.3) is 17.1 Å². The van der Waals surface area contributed by atoms with Gasteiger partial charge in [0.25, 0.3) is 11.5 Å². The Kier molecular flexibility index (Phi) is 6.49. The van der Waals surface area contributed by atoms with Gasteiger partial charge in [0.15, 0.2) is 0 Å². The number of alkyl halides is 3. The van der Waals surface area contributed by atoms with Gasteiger partial charge in [-0.25, -0.2) is 4.98 Å². The third-order valence-corrected chi connectivity index (χ3v) is 7.06. The maximum Gasteiger partial charge on any atom is 0.417 e. The van der Waals surface area contributed by atoms with Crippen LogP contribution in [0.3, 0.4) is 0 Å². The minimum atomic E-state index is -4.60. The molecular formula is C28H21BrF3N3O2. The molecule has 5 rings (SSSR count). The predicted molar refractivity (Wildman–Crippen MR) is 138 cm³/mol. The summed E-state index contributed by atoms with van der Waals surface area (Å²) in [6.45, 7) is 2.18. The summed E-state index contributed by atoms with van der Waals surface area (Å²) in [7, 11) is 0. The first kappa shape index (κ1) is 25.0. The van der Waals surface area contributed by atoms with E-state index in [1.165, 1.54) is 17.0 Å². The van der Waals surface area contributed by atoms with E-state index < -0.39 is 17.6 Å². The van der Waals surface area contributed by atoms with Crippen LogP contribution in [0, 0.1) is 6.92 Å². The number of amides is 1. The molecule has 1 aliphatic heterocycles. The molecule has 0 unspecified atom stereocenters. The van der Waals surface area contributed by atoms with E-state index in [0.29, 0.717) is 22.8 Å². The standard InChI is InChI=1S/C28H21BrF3N3O2/c1-17-7-10-20(11-8-17)35-25(18-5-3-2-4-6-18)33-24-16-34(14-13-21(24)27(35)37)26(36)19-9-12-23(29)22(15-19)28(30,31)32/h2-12,15H,13-14,16H2,1H3. The van der Waals surface area contributed by atoms with Crippen molar-refractivity contribution in [3.05, 3.63) is 116 Å². The molecule has 0 spiro atoms. The Morgan fingerprint density at radius 3 is 2.38 bits per heavy atom. The van der Waals surface area contributed by atoms with Crippen LogP contribution in [0.1, 0.15) is 32.7 Å². The molecule has 9 heteroatoms. The van der Waals surface area contributed by atoms with Crippen LogP contribution in [0.5, 0.6) is 0 Å². The van der Waals surface area contributed by atoms with Gasteiger partial charge in [0.05, 0.1) is 23.5 Å². The second kappa shape index (κ2) is 9.63. The number of aromatic nitrogens is 2. The highest BCUT2D eigenvalue weighted by molar-refractivity contribution is 9.10. The van der Waals surface area contributed by atoms with Crippen LogP contribution < -0.4 is 5.56 Å². The molecule has 0 N–H and O–H groups in total. The van der Waals surface area contributed by atoms with E-state index in [9.17, 15) is 22.8 Å². The molecule has 2 heterocycles. The number of carbonyl (C=O) groups excluding carboxylic acids is 1. The molecule has 1 aromatic heterocycles. The summed E-state index contributed by atoms with van der Waals surface area (Å²) in [5.41, 5.74) is 2.20. The zero-order chi connectivity index (χ0) is 26.3. The number of nitrogens with zero attached hydrogens (tertiary/aromatic N) is 3. The summed E-state index contributed by atoms with van der Waals surface area (Å²) in [5.74, 6) is -0.111. The average Bonchev–Trinajstić information content (AvgIpc) is 2.89. The summed E-state index contributed by atoms with van der Waals surface area (Å²) in [5, 5.41) is 0. The van der Waals surface area contributed by atoms with E-state index in [2.05, 4.69) is 15.9 Å². The summed E-state index contributed by atoms with van der Waals surface area (Å²) in [6.07, 6.45) is -4.35. The molecule has 37 heavy (non-hydrogen) atoms. The normalized spacial score (nSPS) is 13.4. The van der Waals surface area contributed by atoms with Gasteiger partial charge in [-0.2, -0.15) is 13.2 Å². The van der Waals surface area contributed by atoms with Crippen molar-refractivity contribution in [1.29, 1.82) is 0 Å². The van der Waals surface area contributed by atoms with Gasteiger partial charge in [-0.15, -0.1) is 0 Å². The van der Waals surface area contributed by atoms with Gasteiger partial charge in [-0.1, -0.05) is 64.0 Å². The molecule has 0 atom stereocenters. The number of halogens is 4. The fourth-order valence-electron chi connectivity index (χ4n) is 4.43. The van der Waals surface area contributed by atoms with E-state index in [-0.39, 0.29) is 35.1 Å². The van der Waals surface area contributed by atoms with Crippen molar-refractivity contribution in [3.63, 3.8) is 0 Å². The van der Waals surface area contributed by atoms with Crippen LogP contribution >= 0.6 is 15.9 Å². The Morgan fingerprint density at radius 1 is 1.00 bits per heavy atom. The van der Waals surface area contributed by atoms with Crippen molar-refractivity contribution in [2.45, 2.75) is 26.1 Å². The lowest BCUT2D eigenvalue weighted by atomic mass is 10.0. The molecule has 0 saturated carbocycles. The highest BCUT2D eigenvalue weighted by Gasteiger charge is 2.34. The van der Waals surface area contributed by atoms with Crippen molar-refractivity contribution in [3.8, 4) is 17.1 Å².